The Hall–Kier alpha value is -1.68. The Morgan fingerprint density at radius 2 is 2.00 bits per heavy atom. The number of aryl methyl sites for hydroxylation is 1. The molecule has 0 aliphatic heterocycles. The van der Waals surface area contributed by atoms with Gasteiger partial charge in [-0.15, -0.1) is 0 Å². The van der Waals surface area contributed by atoms with Crippen molar-refractivity contribution in [2.75, 3.05) is 0 Å². The van der Waals surface area contributed by atoms with Gasteiger partial charge in [-0.3, -0.25) is 0 Å². The lowest BCUT2D eigenvalue weighted by atomic mass is 10.2. The first kappa shape index (κ1) is 9.86. The maximum Gasteiger partial charge on any atom is 0.103 e. The molecule has 1 heterocycles. The molecule has 0 bridgehead atoms. The van der Waals surface area contributed by atoms with Crippen LogP contribution in [0.4, 0.5) is 0 Å². The Kier molecular flexibility index (Phi) is 2.51. The largest absolute Gasteiger partial charge is 0.389 e. The average Bonchev–Trinajstić information content (AvgIpc) is 2.65. The molecule has 2 rings (SSSR count). The molecule has 0 amide bonds. The molecule has 3 nitrogen and oxygen atoms in total. The first-order chi connectivity index (χ1) is 7.16. The topological polar surface area (TPSA) is 43.8 Å². The molecular formula is C11H11N3S. The second-order valence-electron chi connectivity index (χ2n) is 3.37. The standard InChI is InChI=1S/C11H11N3S/c1-8-6-13-14(7-8)10-4-2-9(3-5-10)11(12)15/h2-7H,1H3,(H2,12,15). The Bertz CT molecular complexity index is 485. The van der Waals surface area contributed by atoms with Crippen LogP contribution in [-0.2, 0) is 0 Å². The zero-order valence-electron chi connectivity index (χ0n) is 8.34. The maximum atomic E-state index is 5.52. The van der Waals surface area contributed by atoms with Crippen LogP contribution >= 0.6 is 12.2 Å². The molecule has 0 aliphatic rings. The van der Waals surface area contributed by atoms with Crippen molar-refractivity contribution in [3.8, 4) is 5.69 Å². The van der Waals surface area contributed by atoms with Crippen LogP contribution in [0.3, 0.4) is 0 Å². The second-order valence-corrected chi connectivity index (χ2v) is 3.81. The van der Waals surface area contributed by atoms with Crippen LogP contribution in [0, 0.1) is 6.92 Å². The predicted octanol–water partition coefficient (Wildman–Crippen LogP) is 1.81. The van der Waals surface area contributed by atoms with E-state index in [2.05, 4.69) is 5.10 Å². The van der Waals surface area contributed by atoms with E-state index in [0.717, 1.165) is 16.8 Å². The van der Waals surface area contributed by atoms with E-state index >= 15 is 0 Å². The van der Waals surface area contributed by atoms with Gasteiger partial charge >= 0.3 is 0 Å². The van der Waals surface area contributed by atoms with Crippen molar-refractivity contribution < 1.29 is 0 Å². The fourth-order valence-electron chi connectivity index (χ4n) is 1.33. The number of benzene rings is 1. The number of rotatable bonds is 2. The van der Waals surface area contributed by atoms with E-state index in [9.17, 15) is 0 Å². The Labute approximate surface area is 93.5 Å². The minimum atomic E-state index is 0.415. The molecule has 15 heavy (non-hydrogen) atoms. The van der Waals surface area contributed by atoms with E-state index < -0.39 is 0 Å². The smallest absolute Gasteiger partial charge is 0.103 e. The van der Waals surface area contributed by atoms with E-state index in [1.807, 2.05) is 48.3 Å². The fourth-order valence-corrected chi connectivity index (χ4v) is 1.47. The van der Waals surface area contributed by atoms with Crippen molar-refractivity contribution in [3.05, 3.63) is 47.8 Å². The number of nitrogens with two attached hydrogens (primary N) is 1. The number of hydrogen-bond acceptors (Lipinski definition) is 2. The molecule has 1 aromatic carbocycles. The van der Waals surface area contributed by atoms with Crippen LogP contribution in [0.2, 0.25) is 0 Å². The lowest BCUT2D eigenvalue weighted by molar-refractivity contribution is 0.880. The van der Waals surface area contributed by atoms with Crippen molar-refractivity contribution in [3.63, 3.8) is 0 Å². The highest BCUT2D eigenvalue weighted by Gasteiger charge is 1.99. The third-order valence-corrected chi connectivity index (χ3v) is 2.36. The summed E-state index contributed by atoms with van der Waals surface area (Å²) >= 11 is 4.88. The number of nitrogens with zero attached hydrogens (tertiary/aromatic N) is 2. The molecule has 0 aliphatic carbocycles. The highest BCUT2D eigenvalue weighted by Crippen LogP contribution is 2.09. The molecule has 2 aromatic rings. The number of thiocarbonyl (C=S) groups is 1. The van der Waals surface area contributed by atoms with Gasteiger partial charge in [-0.1, -0.05) is 12.2 Å². The molecule has 4 heteroatoms. The predicted molar refractivity (Wildman–Crippen MR) is 64.2 cm³/mol. The first-order valence-corrected chi connectivity index (χ1v) is 4.99. The van der Waals surface area contributed by atoms with Crippen LogP contribution in [-0.4, -0.2) is 14.8 Å². The van der Waals surface area contributed by atoms with Crippen molar-refractivity contribution in [2.24, 2.45) is 5.73 Å². The summed E-state index contributed by atoms with van der Waals surface area (Å²) < 4.78 is 1.82. The summed E-state index contributed by atoms with van der Waals surface area (Å²) in [5, 5.41) is 4.21. The van der Waals surface area contributed by atoms with E-state index in [1.54, 1.807) is 0 Å². The van der Waals surface area contributed by atoms with E-state index in [4.69, 9.17) is 18.0 Å². The Morgan fingerprint density at radius 3 is 2.47 bits per heavy atom. The lowest BCUT2D eigenvalue weighted by Crippen LogP contribution is -2.09. The van der Waals surface area contributed by atoms with Gasteiger partial charge in [0.15, 0.2) is 0 Å². The van der Waals surface area contributed by atoms with Crippen molar-refractivity contribution >= 4 is 17.2 Å². The monoisotopic (exact) mass is 217 g/mol. The summed E-state index contributed by atoms with van der Waals surface area (Å²) in [5.41, 5.74) is 8.52. The van der Waals surface area contributed by atoms with E-state index in [-0.39, 0.29) is 0 Å². The van der Waals surface area contributed by atoms with Gasteiger partial charge in [0.1, 0.15) is 4.99 Å². The quantitative estimate of drug-likeness (QED) is 0.780. The second kappa shape index (κ2) is 3.82. The summed E-state index contributed by atoms with van der Waals surface area (Å²) in [5.74, 6) is 0. The van der Waals surface area contributed by atoms with Crippen LogP contribution in [0.15, 0.2) is 36.7 Å². The highest BCUT2D eigenvalue weighted by molar-refractivity contribution is 7.80. The Balaban J connectivity index is 2.35. The SMILES string of the molecule is Cc1cnn(-c2ccc(C(N)=S)cc2)c1. The highest BCUT2D eigenvalue weighted by atomic mass is 32.1. The summed E-state index contributed by atoms with van der Waals surface area (Å²) in [4.78, 5) is 0.415. The zero-order chi connectivity index (χ0) is 10.8. The van der Waals surface area contributed by atoms with Gasteiger partial charge < -0.3 is 5.73 Å². The van der Waals surface area contributed by atoms with E-state index in [1.165, 1.54) is 0 Å². The maximum absolute atomic E-state index is 5.52. The van der Waals surface area contributed by atoms with Gasteiger partial charge in [-0.2, -0.15) is 5.10 Å². The average molecular weight is 217 g/mol. The molecule has 0 atom stereocenters. The van der Waals surface area contributed by atoms with Crippen LogP contribution in [0.1, 0.15) is 11.1 Å². The van der Waals surface area contributed by atoms with Crippen LogP contribution in [0.25, 0.3) is 5.69 Å². The van der Waals surface area contributed by atoms with Crippen molar-refractivity contribution in [1.82, 2.24) is 9.78 Å². The molecule has 76 valence electrons. The zero-order valence-corrected chi connectivity index (χ0v) is 9.16. The third kappa shape index (κ3) is 2.05. The minimum Gasteiger partial charge on any atom is -0.389 e. The van der Waals surface area contributed by atoms with Crippen LogP contribution in [0.5, 0.6) is 0 Å². The van der Waals surface area contributed by atoms with Gasteiger partial charge in [-0.25, -0.2) is 4.68 Å². The van der Waals surface area contributed by atoms with E-state index in [0.29, 0.717) is 4.99 Å². The molecule has 0 unspecified atom stereocenters. The molecular weight excluding hydrogens is 206 g/mol. The molecule has 0 radical (unpaired) electrons. The lowest BCUT2D eigenvalue weighted by Gasteiger charge is -2.02. The molecule has 0 fully saturated rings. The number of aromatic nitrogens is 2. The first-order valence-electron chi connectivity index (χ1n) is 4.58. The van der Waals surface area contributed by atoms with Crippen LogP contribution < -0.4 is 5.73 Å². The van der Waals surface area contributed by atoms with Gasteiger partial charge in [0, 0.05) is 11.8 Å². The van der Waals surface area contributed by atoms with Crippen molar-refractivity contribution in [2.45, 2.75) is 6.92 Å². The minimum absolute atomic E-state index is 0.415. The number of hydrogen-bond donors (Lipinski definition) is 1. The summed E-state index contributed by atoms with van der Waals surface area (Å²) in [6, 6.07) is 7.69. The van der Waals surface area contributed by atoms with Crippen molar-refractivity contribution in [1.29, 1.82) is 0 Å². The summed E-state index contributed by atoms with van der Waals surface area (Å²) in [6.45, 7) is 2.01. The summed E-state index contributed by atoms with van der Waals surface area (Å²) in [7, 11) is 0. The molecule has 2 N–H and O–H groups in total. The molecule has 1 aromatic heterocycles. The van der Waals surface area contributed by atoms with Gasteiger partial charge in [0.05, 0.1) is 11.9 Å². The summed E-state index contributed by atoms with van der Waals surface area (Å²) in [6.07, 6.45) is 3.79. The molecule has 0 saturated carbocycles. The van der Waals surface area contributed by atoms with Gasteiger partial charge in [0.25, 0.3) is 0 Å². The Morgan fingerprint density at radius 1 is 1.33 bits per heavy atom. The van der Waals surface area contributed by atoms with Gasteiger partial charge in [0.2, 0.25) is 0 Å². The fraction of sp³-hybridized carbons (Fsp3) is 0.0909. The normalized spacial score (nSPS) is 10.2. The van der Waals surface area contributed by atoms with Gasteiger partial charge in [-0.05, 0) is 36.8 Å². The molecule has 0 spiro atoms. The molecule has 0 saturated heterocycles. The third-order valence-electron chi connectivity index (χ3n) is 2.13.